The summed E-state index contributed by atoms with van der Waals surface area (Å²) >= 11 is 0. The van der Waals surface area contributed by atoms with Crippen molar-refractivity contribution < 1.29 is 19.0 Å². The molecule has 1 aromatic heterocycles. The van der Waals surface area contributed by atoms with E-state index >= 15 is 0 Å². The van der Waals surface area contributed by atoms with Gasteiger partial charge in [0.05, 0.1) is 19.4 Å². The average molecular weight is 288 g/mol. The van der Waals surface area contributed by atoms with Gasteiger partial charge in [0.1, 0.15) is 11.3 Å². The van der Waals surface area contributed by atoms with E-state index in [1.807, 2.05) is 0 Å². The van der Waals surface area contributed by atoms with E-state index in [2.05, 4.69) is 4.98 Å². The number of carbonyl (C=O) groups is 1. The molecule has 2 rings (SSSR count). The van der Waals surface area contributed by atoms with Crippen LogP contribution in [0.25, 0.3) is 0 Å². The quantitative estimate of drug-likeness (QED) is 0.672. The summed E-state index contributed by atoms with van der Waals surface area (Å²) in [5, 5.41) is 0. The first-order valence-electron chi connectivity index (χ1n) is 6.39. The fraction of sp³-hybridized carbons (Fsp3) is 0.200. The number of rotatable bonds is 5. The maximum Gasteiger partial charge on any atom is 0.343 e. The van der Waals surface area contributed by atoms with Crippen LogP contribution in [0.2, 0.25) is 0 Å². The van der Waals surface area contributed by atoms with E-state index in [-0.39, 0.29) is 18.1 Å². The van der Waals surface area contributed by atoms with Crippen molar-refractivity contribution in [1.82, 2.24) is 4.98 Å². The van der Waals surface area contributed by atoms with Crippen molar-refractivity contribution in [2.45, 2.75) is 6.92 Å². The van der Waals surface area contributed by atoms with Gasteiger partial charge < -0.3 is 19.9 Å². The fourth-order valence-electron chi connectivity index (χ4n) is 1.69. The van der Waals surface area contributed by atoms with Crippen molar-refractivity contribution in [3.05, 3.63) is 42.1 Å². The summed E-state index contributed by atoms with van der Waals surface area (Å²) in [5.41, 5.74) is 6.51. The van der Waals surface area contributed by atoms with E-state index in [4.69, 9.17) is 19.9 Å². The van der Waals surface area contributed by atoms with E-state index in [0.717, 1.165) is 0 Å². The van der Waals surface area contributed by atoms with Crippen LogP contribution >= 0.6 is 0 Å². The van der Waals surface area contributed by atoms with Crippen LogP contribution in [-0.4, -0.2) is 24.7 Å². The minimum Gasteiger partial charge on any atom is -0.497 e. The molecule has 1 aromatic carbocycles. The minimum absolute atomic E-state index is 0.146. The number of anilines is 1. The molecule has 0 aliphatic heterocycles. The standard InChI is InChI=1S/C15H16N2O4/c1-3-20-15(18)11-5-4-8-17-14(11)21-13-7-6-10(19-2)9-12(13)16/h4-9H,3,16H2,1-2H3. The number of hydrogen-bond acceptors (Lipinski definition) is 6. The Kier molecular flexibility index (Phi) is 4.61. The number of nitrogens with two attached hydrogens (primary N) is 1. The Labute approximate surface area is 122 Å². The third-order valence-electron chi connectivity index (χ3n) is 2.69. The first kappa shape index (κ1) is 14.6. The Morgan fingerprint density at radius 3 is 2.81 bits per heavy atom. The van der Waals surface area contributed by atoms with Gasteiger partial charge in [0, 0.05) is 12.3 Å². The second-order valence-electron chi connectivity index (χ2n) is 4.08. The van der Waals surface area contributed by atoms with Gasteiger partial charge in [-0.3, -0.25) is 0 Å². The average Bonchev–Trinajstić information content (AvgIpc) is 2.50. The molecule has 0 radical (unpaired) electrons. The van der Waals surface area contributed by atoms with Crippen LogP contribution < -0.4 is 15.2 Å². The van der Waals surface area contributed by atoms with Crippen molar-refractivity contribution in [3.63, 3.8) is 0 Å². The highest BCUT2D eigenvalue weighted by Crippen LogP contribution is 2.31. The van der Waals surface area contributed by atoms with Gasteiger partial charge in [-0.25, -0.2) is 9.78 Å². The number of carbonyl (C=O) groups excluding carboxylic acids is 1. The molecule has 0 fully saturated rings. The van der Waals surface area contributed by atoms with Gasteiger partial charge in [0.2, 0.25) is 5.88 Å². The second kappa shape index (κ2) is 6.60. The largest absolute Gasteiger partial charge is 0.497 e. The number of methoxy groups -OCH3 is 1. The number of benzene rings is 1. The molecular weight excluding hydrogens is 272 g/mol. The number of aromatic nitrogens is 1. The Morgan fingerprint density at radius 1 is 1.33 bits per heavy atom. The van der Waals surface area contributed by atoms with Crippen molar-refractivity contribution in [2.24, 2.45) is 0 Å². The molecule has 1 heterocycles. The fourth-order valence-corrected chi connectivity index (χ4v) is 1.69. The van der Waals surface area contributed by atoms with Crippen LogP contribution in [0.3, 0.4) is 0 Å². The lowest BCUT2D eigenvalue weighted by molar-refractivity contribution is 0.0522. The smallest absolute Gasteiger partial charge is 0.343 e. The molecule has 2 aromatic rings. The molecule has 0 saturated heterocycles. The summed E-state index contributed by atoms with van der Waals surface area (Å²) < 4.78 is 15.6. The Bertz CT molecular complexity index is 643. The van der Waals surface area contributed by atoms with Crippen LogP contribution in [-0.2, 0) is 4.74 Å². The summed E-state index contributed by atoms with van der Waals surface area (Å²) in [7, 11) is 1.55. The molecule has 6 nitrogen and oxygen atoms in total. The summed E-state index contributed by atoms with van der Waals surface area (Å²) in [5.74, 6) is 0.659. The first-order valence-corrected chi connectivity index (χ1v) is 6.39. The molecule has 2 N–H and O–H groups in total. The summed E-state index contributed by atoms with van der Waals surface area (Å²) in [4.78, 5) is 15.9. The topological polar surface area (TPSA) is 83.7 Å². The number of nitrogen functional groups attached to an aromatic ring is 1. The maximum absolute atomic E-state index is 11.8. The SMILES string of the molecule is CCOC(=O)c1cccnc1Oc1ccc(OC)cc1N. The Balaban J connectivity index is 2.29. The zero-order valence-electron chi connectivity index (χ0n) is 11.8. The van der Waals surface area contributed by atoms with Gasteiger partial charge in [-0.15, -0.1) is 0 Å². The van der Waals surface area contributed by atoms with Gasteiger partial charge in [-0.05, 0) is 31.2 Å². The number of ether oxygens (including phenoxy) is 3. The minimum atomic E-state index is -0.493. The highest BCUT2D eigenvalue weighted by molar-refractivity contribution is 5.91. The van der Waals surface area contributed by atoms with Crippen molar-refractivity contribution >= 4 is 11.7 Å². The molecule has 21 heavy (non-hydrogen) atoms. The number of nitrogens with zero attached hydrogens (tertiary/aromatic N) is 1. The third-order valence-corrected chi connectivity index (χ3v) is 2.69. The third kappa shape index (κ3) is 3.42. The molecular formula is C15H16N2O4. The van der Waals surface area contributed by atoms with Crippen LogP contribution in [0, 0.1) is 0 Å². The summed E-state index contributed by atoms with van der Waals surface area (Å²) in [6.07, 6.45) is 1.53. The van der Waals surface area contributed by atoms with Gasteiger partial charge in [-0.1, -0.05) is 0 Å². The molecule has 0 spiro atoms. The second-order valence-corrected chi connectivity index (χ2v) is 4.08. The Hall–Kier alpha value is -2.76. The molecule has 0 amide bonds. The van der Waals surface area contributed by atoms with Crippen LogP contribution in [0.1, 0.15) is 17.3 Å². The predicted octanol–water partition coefficient (Wildman–Crippen LogP) is 2.64. The van der Waals surface area contributed by atoms with E-state index in [1.54, 1.807) is 44.4 Å². The molecule has 0 saturated carbocycles. The number of pyridine rings is 1. The van der Waals surface area contributed by atoms with Crippen LogP contribution in [0.15, 0.2) is 36.5 Å². The van der Waals surface area contributed by atoms with E-state index in [9.17, 15) is 4.79 Å². The van der Waals surface area contributed by atoms with Crippen LogP contribution in [0.4, 0.5) is 5.69 Å². The molecule has 0 aliphatic carbocycles. The van der Waals surface area contributed by atoms with Crippen molar-refractivity contribution in [2.75, 3.05) is 19.5 Å². The molecule has 0 atom stereocenters. The molecule has 6 heteroatoms. The normalized spacial score (nSPS) is 10.0. The van der Waals surface area contributed by atoms with Crippen molar-refractivity contribution in [1.29, 1.82) is 0 Å². The van der Waals surface area contributed by atoms with Gasteiger partial charge in [0.15, 0.2) is 5.75 Å². The molecule has 0 aliphatic rings. The lowest BCUT2D eigenvalue weighted by Crippen LogP contribution is -2.07. The molecule has 110 valence electrons. The lowest BCUT2D eigenvalue weighted by Gasteiger charge is -2.11. The maximum atomic E-state index is 11.8. The van der Waals surface area contributed by atoms with Gasteiger partial charge in [0.25, 0.3) is 0 Å². The monoisotopic (exact) mass is 288 g/mol. The summed E-state index contributed by atoms with van der Waals surface area (Å²) in [6.45, 7) is 2.01. The van der Waals surface area contributed by atoms with E-state index in [1.165, 1.54) is 6.20 Å². The highest BCUT2D eigenvalue weighted by atomic mass is 16.5. The predicted molar refractivity (Wildman–Crippen MR) is 77.7 cm³/mol. The number of esters is 1. The van der Waals surface area contributed by atoms with E-state index < -0.39 is 5.97 Å². The summed E-state index contributed by atoms with van der Waals surface area (Å²) in [6, 6.07) is 8.20. The zero-order valence-corrected chi connectivity index (χ0v) is 11.8. The van der Waals surface area contributed by atoms with Crippen molar-refractivity contribution in [3.8, 4) is 17.4 Å². The van der Waals surface area contributed by atoms with Gasteiger partial charge in [-0.2, -0.15) is 0 Å². The lowest BCUT2D eigenvalue weighted by atomic mass is 10.2. The molecule has 0 unspecified atom stereocenters. The van der Waals surface area contributed by atoms with E-state index in [0.29, 0.717) is 17.2 Å². The molecule has 0 bridgehead atoms. The Morgan fingerprint density at radius 2 is 2.14 bits per heavy atom. The first-order chi connectivity index (χ1) is 10.2. The zero-order chi connectivity index (χ0) is 15.2. The highest BCUT2D eigenvalue weighted by Gasteiger charge is 2.16. The van der Waals surface area contributed by atoms with Crippen LogP contribution in [0.5, 0.6) is 17.4 Å². The number of hydrogen-bond donors (Lipinski definition) is 1. The van der Waals surface area contributed by atoms with Gasteiger partial charge >= 0.3 is 5.97 Å².